The summed E-state index contributed by atoms with van der Waals surface area (Å²) in [5.41, 5.74) is 2.30. The zero-order valence-corrected chi connectivity index (χ0v) is 16.0. The Hall–Kier alpha value is -2.67. The molecule has 136 valence electrons. The first kappa shape index (κ1) is 18.1. The molecule has 0 fully saturated rings. The van der Waals surface area contributed by atoms with Crippen molar-refractivity contribution in [3.8, 4) is 5.69 Å². The highest BCUT2D eigenvalue weighted by Crippen LogP contribution is 2.14. The quantitative estimate of drug-likeness (QED) is 0.497. The van der Waals surface area contributed by atoms with Crippen LogP contribution in [0.3, 0.4) is 0 Å². The number of para-hydroxylation sites is 1. The van der Waals surface area contributed by atoms with Gasteiger partial charge >= 0.3 is 0 Å². The van der Waals surface area contributed by atoms with Crippen LogP contribution in [0.25, 0.3) is 5.69 Å². The van der Waals surface area contributed by atoms with Gasteiger partial charge < -0.3 is 15.2 Å². The number of rotatable bonds is 7. The Labute approximate surface area is 158 Å². The van der Waals surface area contributed by atoms with Gasteiger partial charge in [-0.05, 0) is 18.1 Å². The Morgan fingerprint density at radius 2 is 2.15 bits per heavy atom. The van der Waals surface area contributed by atoms with Crippen molar-refractivity contribution in [2.75, 3.05) is 13.6 Å². The summed E-state index contributed by atoms with van der Waals surface area (Å²) in [6.45, 7) is 3.65. The third-order valence-corrected chi connectivity index (χ3v) is 5.23. The van der Waals surface area contributed by atoms with Crippen LogP contribution in [0.15, 0.2) is 54.2 Å². The van der Waals surface area contributed by atoms with Gasteiger partial charge in [-0.25, -0.2) is 9.97 Å². The number of hydrogen-bond acceptors (Lipinski definition) is 4. The summed E-state index contributed by atoms with van der Waals surface area (Å²) in [4.78, 5) is 14.2. The molecule has 0 bridgehead atoms. The van der Waals surface area contributed by atoms with E-state index in [2.05, 4.69) is 44.7 Å². The summed E-state index contributed by atoms with van der Waals surface area (Å²) in [5, 5.41) is 7.90. The largest absolute Gasteiger partial charge is 0.356 e. The normalized spacial score (nSPS) is 11.5. The van der Waals surface area contributed by atoms with Crippen molar-refractivity contribution in [3.63, 3.8) is 0 Å². The van der Waals surface area contributed by atoms with E-state index in [0.717, 1.165) is 36.0 Å². The monoisotopic (exact) mass is 368 g/mol. The molecule has 0 saturated carbocycles. The predicted molar refractivity (Wildman–Crippen MR) is 107 cm³/mol. The predicted octanol–water partition coefficient (Wildman–Crippen LogP) is 2.80. The second-order valence-electron chi connectivity index (χ2n) is 5.78. The Kier molecular flexibility index (Phi) is 6.38. The molecule has 0 aliphatic heterocycles. The average Bonchev–Trinajstić information content (AvgIpc) is 3.36. The van der Waals surface area contributed by atoms with E-state index in [4.69, 9.17) is 0 Å². The third-order valence-electron chi connectivity index (χ3n) is 4.03. The topological polar surface area (TPSA) is 67.1 Å². The number of benzene rings is 1. The fourth-order valence-corrected chi connectivity index (χ4v) is 3.49. The molecule has 1 aromatic carbocycles. The van der Waals surface area contributed by atoms with E-state index in [0.29, 0.717) is 6.54 Å². The number of imidazole rings is 1. The van der Waals surface area contributed by atoms with Crippen molar-refractivity contribution < 1.29 is 0 Å². The summed E-state index contributed by atoms with van der Waals surface area (Å²) in [7, 11) is 1.79. The molecule has 6 nitrogen and oxygen atoms in total. The minimum Gasteiger partial charge on any atom is -0.356 e. The molecule has 2 N–H and O–H groups in total. The lowest BCUT2D eigenvalue weighted by Crippen LogP contribution is -2.38. The van der Waals surface area contributed by atoms with Gasteiger partial charge in [0, 0.05) is 50.0 Å². The third kappa shape index (κ3) is 4.70. The molecule has 0 spiro atoms. The van der Waals surface area contributed by atoms with E-state index in [1.165, 1.54) is 10.4 Å². The lowest BCUT2D eigenvalue weighted by atomic mass is 10.1. The van der Waals surface area contributed by atoms with Crippen LogP contribution < -0.4 is 10.6 Å². The van der Waals surface area contributed by atoms with Crippen molar-refractivity contribution in [2.24, 2.45) is 4.99 Å². The number of aromatic nitrogens is 3. The van der Waals surface area contributed by atoms with E-state index in [-0.39, 0.29) is 0 Å². The van der Waals surface area contributed by atoms with Gasteiger partial charge in [0.05, 0.1) is 17.0 Å². The zero-order chi connectivity index (χ0) is 18.2. The smallest absolute Gasteiger partial charge is 0.191 e. The van der Waals surface area contributed by atoms with Gasteiger partial charge in [-0.15, -0.1) is 11.3 Å². The molecule has 3 aromatic rings. The van der Waals surface area contributed by atoms with Crippen LogP contribution in [0.1, 0.15) is 22.4 Å². The zero-order valence-electron chi connectivity index (χ0n) is 15.1. The van der Waals surface area contributed by atoms with Crippen LogP contribution in [-0.4, -0.2) is 34.1 Å². The summed E-state index contributed by atoms with van der Waals surface area (Å²) < 4.78 is 2.01. The fraction of sp³-hybridized carbons (Fsp3) is 0.316. The van der Waals surface area contributed by atoms with E-state index >= 15 is 0 Å². The number of hydrogen-bond donors (Lipinski definition) is 2. The fourth-order valence-electron chi connectivity index (χ4n) is 2.63. The number of guanidine groups is 1. The van der Waals surface area contributed by atoms with Gasteiger partial charge in [-0.2, -0.15) is 0 Å². The van der Waals surface area contributed by atoms with E-state index in [9.17, 15) is 0 Å². The van der Waals surface area contributed by atoms with Gasteiger partial charge in [-0.3, -0.25) is 4.99 Å². The van der Waals surface area contributed by atoms with Gasteiger partial charge in [0.1, 0.15) is 0 Å². The molecular weight excluding hydrogens is 344 g/mol. The number of thiazole rings is 1. The molecule has 0 aliphatic carbocycles. The van der Waals surface area contributed by atoms with E-state index in [1.807, 2.05) is 35.4 Å². The second kappa shape index (κ2) is 9.15. The number of aliphatic imine (C=N–C) groups is 1. The minimum atomic E-state index is 0.686. The first-order valence-corrected chi connectivity index (χ1v) is 9.56. The lowest BCUT2D eigenvalue weighted by Gasteiger charge is -2.14. The van der Waals surface area contributed by atoms with Gasteiger partial charge in [-0.1, -0.05) is 25.1 Å². The molecule has 2 heterocycles. The summed E-state index contributed by atoms with van der Waals surface area (Å²) in [6, 6.07) is 8.27. The Balaban J connectivity index is 1.53. The Morgan fingerprint density at radius 3 is 2.88 bits per heavy atom. The summed E-state index contributed by atoms with van der Waals surface area (Å²) in [6.07, 6.45) is 9.46. The van der Waals surface area contributed by atoms with Crippen LogP contribution in [0.4, 0.5) is 0 Å². The van der Waals surface area contributed by atoms with Crippen LogP contribution in [0.5, 0.6) is 0 Å². The SMILES string of the molecule is CCc1cnc(CCNC(=NC)NCc2ccccc2-n2ccnc2)s1. The number of aryl methyl sites for hydroxylation is 1. The maximum atomic E-state index is 4.45. The highest BCUT2D eigenvalue weighted by molar-refractivity contribution is 7.11. The maximum absolute atomic E-state index is 4.45. The van der Waals surface area contributed by atoms with Crippen LogP contribution in [0, 0.1) is 0 Å². The van der Waals surface area contributed by atoms with Gasteiger partial charge in [0.15, 0.2) is 5.96 Å². The summed E-state index contributed by atoms with van der Waals surface area (Å²) in [5.74, 6) is 0.790. The Morgan fingerprint density at radius 1 is 1.27 bits per heavy atom. The van der Waals surface area contributed by atoms with Gasteiger partial charge in [0.25, 0.3) is 0 Å². The molecule has 0 amide bonds. The van der Waals surface area contributed by atoms with Crippen molar-refractivity contribution in [2.45, 2.75) is 26.3 Å². The standard InChI is InChI=1S/C19H24N6S/c1-3-16-13-23-18(26-16)8-9-22-19(20-2)24-12-15-6-4-5-7-17(15)25-11-10-21-14-25/h4-7,10-11,13-14H,3,8-9,12H2,1-2H3,(H2,20,22,24). The lowest BCUT2D eigenvalue weighted by molar-refractivity contribution is 0.788. The first-order valence-electron chi connectivity index (χ1n) is 8.74. The molecule has 3 rings (SSSR count). The molecular formula is C19H24N6S. The molecule has 7 heteroatoms. The Bertz CT molecular complexity index is 837. The molecule has 0 saturated heterocycles. The van der Waals surface area contributed by atoms with Gasteiger partial charge in [0.2, 0.25) is 0 Å². The van der Waals surface area contributed by atoms with Crippen LogP contribution >= 0.6 is 11.3 Å². The van der Waals surface area contributed by atoms with Crippen molar-refractivity contribution in [3.05, 3.63) is 64.6 Å². The second-order valence-corrected chi connectivity index (χ2v) is 6.97. The average molecular weight is 369 g/mol. The molecule has 0 aliphatic rings. The minimum absolute atomic E-state index is 0.686. The highest BCUT2D eigenvalue weighted by atomic mass is 32.1. The molecule has 2 aromatic heterocycles. The van der Waals surface area contributed by atoms with Crippen LogP contribution in [-0.2, 0) is 19.4 Å². The van der Waals surface area contributed by atoms with Crippen molar-refractivity contribution >= 4 is 17.3 Å². The maximum Gasteiger partial charge on any atom is 0.191 e. The molecule has 0 unspecified atom stereocenters. The van der Waals surface area contributed by atoms with E-state index < -0.39 is 0 Å². The summed E-state index contributed by atoms with van der Waals surface area (Å²) >= 11 is 1.78. The van der Waals surface area contributed by atoms with Crippen LogP contribution in [0.2, 0.25) is 0 Å². The van der Waals surface area contributed by atoms with Crippen molar-refractivity contribution in [1.82, 2.24) is 25.2 Å². The molecule has 0 radical (unpaired) electrons. The highest BCUT2D eigenvalue weighted by Gasteiger charge is 2.06. The molecule has 0 atom stereocenters. The number of nitrogens with one attached hydrogen (secondary N) is 2. The van der Waals surface area contributed by atoms with Crippen molar-refractivity contribution in [1.29, 1.82) is 0 Å². The van der Waals surface area contributed by atoms with E-state index in [1.54, 1.807) is 24.6 Å². The molecule has 26 heavy (non-hydrogen) atoms. The number of nitrogens with zero attached hydrogens (tertiary/aromatic N) is 4. The first-order chi connectivity index (χ1) is 12.8.